The number of fused-ring (bicyclic) bond motifs is 1. The summed E-state index contributed by atoms with van der Waals surface area (Å²) in [5.74, 6) is -1.52. The number of para-hydroxylation sites is 2. The lowest BCUT2D eigenvalue weighted by atomic mass is 10.1. The van der Waals surface area contributed by atoms with Crippen LogP contribution in [0.5, 0.6) is 0 Å². The number of amides is 1. The molecule has 0 spiro atoms. The van der Waals surface area contributed by atoms with Crippen LogP contribution in [0, 0.1) is 5.82 Å². The first-order valence-electron chi connectivity index (χ1n) is 9.55. The number of carbonyl (C=O) groups is 1. The number of halogens is 1. The Bertz CT molecular complexity index is 1400. The van der Waals surface area contributed by atoms with E-state index in [1.54, 1.807) is 12.1 Å². The van der Waals surface area contributed by atoms with Gasteiger partial charge in [-0.3, -0.25) is 4.79 Å². The van der Waals surface area contributed by atoms with Crippen molar-refractivity contribution in [2.24, 2.45) is 0 Å². The minimum atomic E-state index is -4.13. The third-order valence-corrected chi connectivity index (χ3v) is 7.11. The Morgan fingerprint density at radius 1 is 1.09 bits per heavy atom. The Morgan fingerprint density at radius 3 is 2.62 bits per heavy atom. The van der Waals surface area contributed by atoms with Crippen molar-refractivity contribution in [3.63, 3.8) is 0 Å². The Kier molecular flexibility index (Phi) is 6.13. The number of thiazole rings is 1. The minimum absolute atomic E-state index is 0.00415. The second kappa shape index (κ2) is 8.99. The molecule has 0 aliphatic rings. The van der Waals surface area contributed by atoms with Crippen molar-refractivity contribution in [3.8, 4) is 10.6 Å². The molecule has 0 saturated carbocycles. The lowest BCUT2D eigenvalue weighted by Crippen LogP contribution is -2.25. The third kappa shape index (κ3) is 4.45. The van der Waals surface area contributed by atoms with Crippen LogP contribution in [0.1, 0.15) is 10.4 Å². The van der Waals surface area contributed by atoms with E-state index in [1.165, 1.54) is 23.5 Å². The highest BCUT2D eigenvalue weighted by atomic mass is 32.2. The number of nitrogens with zero attached hydrogens (tertiary/aromatic N) is 1. The number of hydrogen-bond acceptors (Lipinski definition) is 5. The van der Waals surface area contributed by atoms with Crippen LogP contribution < -0.4 is 10.0 Å². The van der Waals surface area contributed by atoms with Crippen molar-refractivity contribution in [2.45, 2.75) is 4.90 Å². The van der Waals surface area contributed by atoms with Crippen LogP contribution in [0.15, 0.2) is 84.3 Å². The number of aromatic nitrogens is 1. The normalized spacial score (nSPS) is 11.4. The van der Waals surface area contributed by atoms with E-state index in [0.29, 0.717) is 5.69 Å². The van der Waals surface area contributed by atoms with Crippen LogP contribution in [0.4, 0.5) is 10.1 Å². The average molecular weight is 468 g/mol. The molecule has 0 fully saturated rings. The highest BCUT2D eigenvalue weighted by molar-refractivity contribution is 7.89. The first-order chi connectivity index (χ1) is 15.4. The predicted octanol–water partition coefficient (Wildman–Crippen LogP) is 4.82. The fraction of sp³-hybridized carbons (Fsp3) is 0.0435. The summed E-state index contributed by atoms with van der Waals surface area (Å²) < 4.78 is 42.1. The number of nitrogens with one attached hydrogen (secondary N) is 2. The van der Waals surface area contributed by atoms with Gasteiger partial charge >= 0.3 is 0 Å². The maximum absolute atomic E-state index is 14.2. The van der Waals surface area contributed by atoms with E-state index in [2.05, 4.69) is 21.6 Å². The first-order valence-corrected chi connectivity index (χ1v) is 11.9. The van der Waals surface area contributed by atoms with Crippen molar-refractivity contribution in [1.82, 2.24) is 9.71 Å². The number of rotatable bonds is 7. The number of benzene rings is 3. The molecule has 162 valence electrons. The molecule has 6 nitrogen and oxygen atoms in total. The zero-order valence-electron chi connectivity index (χ0n) is 16.7. The largest absolute Gasteiger partial charge is 0.321 e. The maximum Gasteiger partial charge on any atom is 0.255 e. The fourth-order valence-electron chi connectivity index (χ4n) is 3.06. The van der Waals surface area contributed by atoms with E-state index in [1.807, 2.05) is 36.4 Å². The van der Waals surface area contributed by atoms with Crippen molar-refractivity contribution in [1.29, 1.82) is 0 Å². The van der Waals surface area contributed by atoms with Crippen LogP contribution in [0.3, 0.4) is 0 Å². The van der Waals surface area contributed by atoms with E-state index in [0.717, 1.165) is 32.9 Å². The van der Waals surface area contributed by atoms with Gasteiger partial charge in [0.25, 0.3) is 5.91 Å². The SMILES string of the molecule is C=CCNS(=O)(=O)c1cc(C(=O)Nc2ccccc2-c2nc3ccccc3s2)ccc1F. The Morgan fingerprint density at radius 2 is 1.84 bits per heavy atom. The zero-order valence-corrected chi connectivity index (χ0v) is 18.3. The summed E-state index contributed by atoms with van der Waals surface area (Å²) in [6.45, 7) is 3.37. The molecule has 0 unspecified atom stereocenters. The van der Waals surface area contributed by atoms with Crippen molar-refractivity contribution >= 4 is 43.2 Å². The van der Waals surface area contributed by atoms with Crippen LogP contribution >= 0.6 is 11.3 Å². The third-order valence-electron chi connectivity index (χ3n) is 4.60. The summed E-state index contributed by atoms with van der Waals surface area (Å²) in [5, 5.41) is 3.52. The fourth-order valence-corrected chi connectivity index (χ4v) is 5.16. The van der Waals surface area contributed by atoms with Gasteiger partial charge in [0, 0.05) is 17.7 Å². The quantitative estimate of drug-likeness (QED) is 0.382. The van der Waals surface area contributed by atoms with Gasteiger partial charge in [0.2, 0.25) is 10.0 Å². The van der Waals surface area contributed by atoms with E-state index in [4.69, 9.17) is 0 Å². The highest BCUT2D eigenvalue weighted by Crippen LogP contribution is 2.34. The molecule has 3 aromatic carbocycles. The molecule has 4 aromatic rings. The number of hydrogen-bond donors (Lipinski definition) is 2. The van der Waals surface area contributed by atoms with Gasteiger partial charge in [0.1, 0.15) is 15.7 Å². The zero-order chi connectivity index (χ0) is 22.7. The molecule has 0 aliphatic carbocycles. The van der Waals surface area contributed by atoms with Crippen LogP contribution in [-0.2, 0) is 10.0 Å². The average Bonchev–Trinajstić information content (AvgIpc) is 3.22. The molecule has 1 heterocycles. The molecule has 2 N–H and O–H groups in total. The molecule has 0 aliphatic heterocycles. The van der Waals surface area contributed by atoms with Gasteiger partial charge in [0.05, 0.1) is 15.9 Å². The van der Waals surface area contributed by atoms with Gasteiger partial charge in [0.15, 0.2) is 0 Å². The van der Waals surface area contributed by atoms with Crippen molar-refractivity contribution < 1.29 is 17.6 Å². The standard InChI is InChI=1S/C23H18FN3O3S2/c1-2-13-25-32(29,30)21-14-15(11-12-17(21)24)22(28)26-18-8-4-3-7-16(18)23-27-19-9-5-6-10-20(19)31-23/h2-12,14,25H,1,13H2,(H,26,28). The summed E-state index contributed by atoms with van der Waals surface area (Å²) >= 11 is 1.50. The molecule has 9 heteroatoms. The molecule has 4 rings (SSSR count). The Labute approximate surface area is 188 Å². The molecule has 0 atom stereocenters. The molecule has 32 heavy (non-hydrogen) atoms. The Balaban J connectivity index is 1.66. The van der Waals surface area contributed by atoms with Gasteiger partial charge in [-0.2, -0.15) is 0 Å². The van der Waals surface area contributed by atoms with Crippen molar-refractivity contribution in [2.75, 3.05) is 11.9 Å². The van der Waals surface area contributed by atoms with Crippen LogP contribution in [-0.4, -0.2) is 25.9 Å². The van der Waals surface area contributed by atoms with E-state index in [-0.39, 0.29) is 12.1 Å². The Hall–Kier alpha value is -3.40. The van der Waals surface area contributed by atoms with Crippen LogP contribution in [0.2, 0.25) is 0 Å². The number of sulfonamides is 1. The van der Waals surface area contributed by atoms with E-state index >= 15 is 0 Å². The molecule has 0 bridgehead atoms. The van der Waals surface area contributed by atoms with Crippen LogP contribution in [0.25, 0.3) is 20.8 Å². The van der Waals surface area contributed by atoms with Crippen molar-refractivity contribution in [3.05, 3.63) is 90.8 Å². The number of carbonyl (C=O) groups excluding carboxylic acids is 1. The summed E-state index contributed by atoms with van der Waals surface area (Å²) in [7, 11) is -4.13. The second-order valence-corrected chi connectivity index (χ2v) is 9.54. The summed E-state index contributed by atoms with van der Waals surface area (Å²) in [4.78, 5) is 16.9. The molecular formula is C23H18FN3O3S2. The highest BCUT2D eigenvalue weighted by Gasteiger charge is 2.21. The number of anilines is 1. The van der Waals surface area contributed by atoms with Gasteiger partial charge < -0.3 is 5.32 Å². The second-order valence-electron chi connectivity index (χ2n) is 6.77. The van der Waals surface area contributed by atoms with Gasteiger partial charge in [-0.1, -0.05) is 30.3 Å². The molecule has 1 amide bonds. The molecule has 0 saturated heterocycles. The van der Waals surface area contributed by atoms with Gasteiger partial charge in [-0.25, -0.2) is 22.5 Å². The van der Waals surface area contributed by atoms with Gasteiger partial charge in [-0.05, 0) is 42.5 Å². The lowest BCUT2D eigenvalue weighted by Gasteiger charge is -2.11. The summed E-state index contributed by atoms with van der Waals surface area (Å²) in [6.07, 6.45) is 1.34. The molecule has 0 radical (unpaired) electrons. The molecule has 1 aromatic heterocycles. The minimum Gasteiger partial charge on any atom is -0.321 e. The van der Waals surface area contributed by atoms with E-state index < -0.39 is 26.6 Å². The molecular weight excluding hydrogens is 449 g/mol. The van der Waals surface area contributed by atoms with Gasteiger partial charge in [-0.15, -0.1) is 17.9 Å². The topological polar surface area (TPSA) is 88.2 Å². The summed E-state index contributed by atoms with van der Waals surface area (Å²) in [5.41, 5.74) is 2.10. The van der Waals surface area contributed by atoms with E-state index in [9.17, 15) is 17.6 Å². The summed E-state index contributed by atoms with van der Waals surface area (Å²) in [6, 6.07) is 18.1. The maximum atomic E-state index is 14.2. The lowest BCUT2D eigenvalue weighted by molar-refractivity contribution is 0.102. The first kappa shape index (κ1) is 21.8. The predicted molar refractivity (Wildman–Crippen MR) is 125 cm³/mol. The monoisotopic (exact) mass is 467 g/mol. The smallest absolute Gasteiger partial charge is 0.255 e.